The van der Waals surface area contributed by atoms with Gasteiger partial charge < -0.3 is 9.47 Å². The Balaban J connectivity index is 2.34. The smallest absolute Gasteiger partial charge is 0.308 e. The lowest BCUT2D eigenvalue weighted by atomic mass is 9.81. The van der Waals surface area contributed by atoms with Crippen LogP contribution in [-0.4, -0.2) is 25.2 Å². The van der Waals surface area contributed by atoms with Gasteiger partial charge in [0, 0.05) is 0 Å². The normalized spacial score (nSPS) is 21.6. The molecule has 1 saturated carbocycles. The molecule has 146 valence electrons. The molecular formula is C21H38O4. The van der Waals surface area contributed by atoms with Crippen molar-refractivity contribution in [3.8, 4) is 0 Å². The Morgan fingerprint density at radius 3 is 2.16 bits per heavy atom. The summed E-state index contributed by atoms with van der Waals surface area (Å²) in [6.07, 6.45) is 10.8. The van der Waals surface area contributed by atoms with Gasteiger partial charge >= 0.3 is 11.9 Å². The minimum absolute atomic E-state index is 0.113. The second-order valence-electron chi connectivity index (χ2n) is 7.48. The summed E-state index contributed by atoms with van der Waals surface area (Å²) in [6.45, 7) is 7.50. The van der Waals surface area contributed by atoms with Crippen molar-refractivity contribution in [2.75, 3.05) is 13.2 Å². The zero-order valence-corrected chi connectivity index (χ0v) is 16.6. The maximum atomic E-state index is 12.4. The second kappa shape index (κ2) is 13.2. The van der Waals surface area contributed by atoms with E-state index < -0.39 is 0 Å². The van der Waals surface area contributed by atoms with Crippen LogP contribution in [0.5, 0.6) is 0 Å². The zero-order valence-electron chi connectivity index (χ0n) is 16.6. The maximum absolute atomic E-state index is 12.4. The molecule has 0 spiro atoms. The van der Waals surface area contributed by atoms with Crippen molar-refractivity contribution in [3.05, 3.63) is 0 Å². The van der Waals surface area contributed by atoms with Crippen molar-refractivity contribution in [2.45, 2.75) is 91.4 Å². The number of ether oxygens (including phenoxy) is 2. The van der Waals surface area contributed by atoms with Crippen LogP contribution in [0.4, 0.5) is 0 Å². The van der Waals surface area contributed by atoms with Crippen molar-refractivity contribution >= 4 is 11.9 Å². The molecule has 0 N–H and O–H groups in total. The van der Waals surface area contributed by atoms with E-state index in [1.807, 2.05) is 0 Å². The highest BCUT2D eigenvalue weighted by molar-refractivity contribution is 5.76. The lowest BCUT2D eigenvalue weighted by Gasteiger charge is -2.27. The maximum Gasteiger partial charge on any atom is 0.308 e. The highest BCUT2D eigenvalue weighted by Gasteiger charge is 2.33. The molecule has 1 aliphatic carbocycles. The van der Waals surface area contributed by atoms with Gasteiger partial charge in [-0.05, 0) is 38.0 Å². The van der Waals surface area contributed by atoms with E-state index in [2.05, 4.69) is 20.8 Å². The van der Waals surface area contributed by atoms with Gasteiger partial charge in [0.15, 0.2) is 0 Å². The summed E-state index contributed by atoms with van der Waals surface area (Å²) in [4.78, 5) is 24.6. The van der Waals surface area contributed by atoms with Crippen molar-refractivity contribution in [2.24, 2.45) is 17.8 Å². The summed E-state index contributed by atoms with van der Waals surface area (Å²) in [7, 11) is 0. The molecule has 1 rings (SSSR count). The number of rotatable bonds is 12. The molecule has 4 heteroatoms. The molecule has 0 radical (unpaired) electrons. The molecule has 0 aromatic heterocycles. The molecule has 25 heavy (non-hydrogen) atoms. The van der Waals surface area contributed by atoms with E-state index in [1.165, 1.54) is 12.8 Å². The van der Waals surface area contributed by atoms with Crippen LogP contribution in [0.15, 0.2) is 0 Å². The first-order chi connectivity index (χ1) is 12.1. The van der Waals surface area contributed by atoms with Gasteiger partial charge in [-0.3, -0.25) is 9.59 Å². The van der Waals surface area contributed by atoms with Gasteiger partial charge in [0.25, 0.3) is 0 Å². The summed E-state index contributed by atoms with van der Waals surface area (Å²) >= 11 is 0. The Morgan fingerprint density at radius 1 is 0.920 bits per heavy atom. The fourth-order valence-electron chi connectivity index (χ4n) is 3.48. The van der Waals surface area contributed by atoms with Gasteiger partial charge in [-0.25, -0.2) is 0 Å². The van der Waals surface area contributed by atoms with Crippen LogP contribution in [0.25, 0.3) is 0 Å². The lowest BCUT2D eigenvalue weighted by Crippen LogP contribution is -2.30. The molecule has 1 aliphatic rings. The third-order valence-electron chi connectivity index (χ3n) is 5.34. The van der Waals surface area contributed by atoms with Crippen LogP contribution in [0.2, 0.25) is 0 Å². The number of carbonyl (C=O) groups excluding carboxylic acids is 2. The number of hydrogen-bond acceptors (Lipinski definition) is 4. The molecule has 0 aliphatic heterocycles. The second-order valence-corrected chi connectivity index (χ2v) is 7.48. The topological polar surface area (TPSA) is 52.6 Å². The van der Waals surface area contributed by atoms with Crippen LogP contribution in [-0.2, 0) is 19.1 Å². The molecule has 4 nitrogen and oxygen atoms in total. The zero-order chi connectivity index (χ0) is 18.5. The Morgan fingerprint density at radius 2 is 1.56 bits per heavy atom. The van der Waals surface area contributed by atoms with Crippen molar-refractivity contribution < 1.29 is 19.1 Å². The fraction of sp³-hybridized carbons (Fsp3) is 0.905. The molecule has 0 aromatic carbocycles. The van der Waals surface area contributed by atoms with Crippen LogP contribution >= 0.6 is 0 Å². The number of hydrogen-bond donors (Lipinski definition) is 0. The molecule has 3 unspecified atom stereocenters. The standard InChI is InChI=1S/C21H38O4/c1-4-7-9-14-24-20(22)18-12-10-13-19(15-18)21(23)25-16-17(6-3)11-8-5-2/h17-19H,4-16H2,1-3H3. The van der Waals surface area contributed by atoms with E-state index in [0.717, 1.165) is 51.4 Å². The van der Waals surface area contributed by atoms with E-state index >= 15 is 0 Å². The lowest BCUT2D eigenvalue weighted by molar-refractivity contribution is -0.156. The van der Waals surface area contributed by atoms with E-state index in [9.17, 15) is 9.59 Å². The number of unbranched alkanes of at least 4 members (excludes halogenated alkanes) is 3. The van der Waals surface area contributed by atoms with Crippen LogP contribution in [0.3, 0.4) is 0 Å². The molecule has 0 heterocycles. The fourth-order valence-corrected chi connectivity index (χ4v) is 3.48. The molecule has 1 fully saturated rings. The summed E-state index contributed by atoms with van der Waals surface area (Å²) in [6, 6.07) is 0. The van der Waals surface area contributed by atoms with Gasteiger partial charge in [-0.15, -0.1) is 0 Å². The molecule has 3 atom stereocenters. The highest BCUT2D eigenvalue weighted by atomic mass is 16.5. The quantitative estimate of drug-likeness (QED) is 0.353. The molecule has 0 bridgehead atoms. The average molecular weight is 355 g/mol. The largest absolute Gasteiger partial charge is 0.465 e. The van der Waals surface area contributed by atoms with Gasteiger partial charge in [0.05, 0.1) is 25.0 Å². The van der Waals surface area contributed by atoms with E-state index in [0.29, 0.717) is 25.6 Å². The Hall–Kier alpha value is -1.06. The van der Waals surface area contributed by atoms with Crippen LogP contribution in [0.1, 0.15) is 91.4 Å². The summed E-state index contributed by atoms with van der Waals surface area (Å²) in [5.41, 5.74) is 0. The minimum atomic E-state index is -0.134. The van der Waals surface area contributed by atoms with E-state index in [-0.39, 0.29) is 23.8 Å². The van der Waals surface area contributed by atoms with Gasteiger partial charge in [0.1, 0.15) is 0 Å². The first kappa shape index (κ1) is 22.0. The van der Waals surface area contributed by atoms with Crippen molar-refractivity contribution in [1.29, 1.82) is 0 Å². The predicted octanol–water partition coefficient (Wildman–Crippen LogP) is 5.29. The number of carbonyl (C=O) groups is 2. The summed E-state index contributed by atoms with van der Waals surface area (Å²) in [5, 5.41) is 0. The van der Waals surface area contributed by atoms with Gasteiger partial charge in [0.2, 0.25) is 0 Å². The summed E-state index contributed by atoms with van der Waals surface area (Å²) < 4.78 is 11.0. The number of esters is 2. The third-order valence-corrected chi connectivity index (χ3v) is 5.34. The van der Waals surface area contributed by atoms with Crippen LogP contribution < -0.4 is 0 Å². The molecular weight excluding hydrogens is 316 g/mol. The SMILES string of the molecule is CCCCCOC(=O)C1CCCC(C(=O)OCC(CC)CCCC)C1. The molecule has 0 amide bonds. The first-order valence-electron chi connectivity index (χ1n) is 10.5. The Bertz CT molecular complexity index is 380. The van der Waals surface area contributed by atoms with Crippen molar-refractivity contribution in [1.82, 2.24) is 0 Å². The van der Waals surface area contributed by atoms with E-state index in [1.54, 1.807) is 0 Å². The Kier molecular flexibility index (Phi) is 11.6. The van der Waals surface area contributed by atoms with Gasteiger partial charge in [-0.2, -0.15) is 0 Å². The predicted molar refractivity (Wildman–Crippen MR) is 100 cm³/mol. The van der Waals surface area contributed by atoms with Crippen molar-refractivity contribution in [3.63, 3.8) is 0 Å². The van der Waals surface area contributed by atoms with Crippen LogP contribution in [0, 0.1) is 17.8 Å². The highest BCUT2D eigenvalue weighted by Crippen LogP contribution is 2.31. The average Bonchev–Trinajstić information content (AvgIpc) is 2.65. The molecule has 0 saturated heterocycles. The Labute approximate surface area is 154 Å². The van der Waals surface area contributed by atoms with Gasteiger partial charge in [-0.1, -0.05) is 59.3 Å². The molecule has 0 aromatic rings. The first-order valence-corrected chi connectivity index (χ1v) is 10.5. The van der Waals surface area contributed by atoms with E-state index in [4.69, 9.17) is 9.47 Å². The monoisotopic (exact) mass is 354 g/mol. The minimum Gasteiger partial charge on any atom is -0.465 e. The summed E-state index contributed by atoms with van der Waals surface area (Å²) in [5.74, 6) is -0.0335. The third kappa shape index (κ3) is 8.73.